The van der Waals surface area contributed by atoms with Gasteiger partial charge in [-0.3, -0.25) is 0 Å². The van der Waals surface area contributed by atoms with Gasteiger partial charge in [-0.1, -0.05) is 68.2 Å². The Kier molecular flexibility index (Phi) is 6.25. The van der Waals surface area contributed by atoms with Crippen LogP contribution in [0.2, 0.25) is 0 Å². The lowest BCUT2D eigenvalue weighted by Crippen LogP contribution is -2.54. The molecule has 4 aliphatic rings. The normalized spacial score (nSPS) is 47.3. The monoisotopic (exact) mass is 414 g/mol. The zero-order chi connectivity index (χ0) is 21.9. The maximum absolute atomic E-state index is 2.76. The third kappa shape index (κ3) is 3.83. The average Bonchev–Trinajstić information content (AvgIpc) is 3.03. The SMILES string of the molecule is CC(C)C(C)CC[C@@H](C)[C@H]1CC[C@H]2[C@@H]3CC[C@H]4CC(C)(C)CC[C@]4(C)[C@H]3CC[C@]12C. The summed E-state index contributed by atoms with van der Waals surface area (Å²) < 4.78 is 0. The van der Waals surface area contributed by atoms with E-state index in [1.807, 2.05) is 0 Å². The zero-order valence-electron chi connectivity index (χ0n) is 21.9. The molecule has 4 aliphatic carbocycles. The predicted molar refractivity (Wildman–Crippen MR) is 131 cm³/mol. The summed E-state index contributed by atoms with van der Waals surface area (Å²) in [6, 6.07) is 0. The summed E-state index contributed by atoms with van der Waals surface area (Å²) in [5.74, 6) is 7.81. The molecular weight excluding hydrogens is 360 g/mol. The van der Waals surface area contributed by atoms with Crippen LogP contribution in [-0.2, 0) is 0 Å². The van der Waals surface area contributed by atoms with Crippen LogP contribution in [0.1, 0.15) is 126 Å². The van der Waals surface area contributed by atoms with Crippen molar-refractivity contribution >= 4 is 0 Å². The van der Waals surface area contributed by atoms with Crippen molar-refractivity contribution in [3.63, 3.8) is 0 Å². The first-order valence-corrected chi connectivity index (χ1v) is 14.0. The van der Waals surface area contributed by atoms with Crippen LogP contribution in [0.3, 0.4) is 0 Å². The zero-order valence-corrected chi connectivity index (χ0v) is 21.9. The van der Waals surface area contributed by atoms with E-state index in [0.29, 0.717) is 16.2 Å². The van der Waals surface area contributed by atoms with E-state index in [1.165, 1.54) is 38.5 Å². The lowest BCUT2D eigenvalue weighted by atomic mass is 9.43. The molecule has 0 N–H and O–H groups in total. The van der Waals surface area contributed by atoms with Crippen molar-refractivity contribution in [3.8, 4) is 0 Å². The van der Waals surface area contributed by atoms with Gasteiger partial charge in [0, 0.05) is 0 Å². The van der Waals surface area contributed by atoms with Gasteiger partial charge in [0.25, 0.3) is 0 Å². The Balaban J connectivity index is 1.46. The fourth-order valence-corrected chi connectivity index (χ4v) is 9.67. The number of hydrogen-bond acceptors (Lipinski definition) is 0. The first-order valence-electron chi connectivity index (χ1n) is 14.0. The molecule has 0 aromatic rings. The van der Waals surface area contributed by atoms with E-state index in [9.17, 15) is 0 Å². The molecule has 9 atom stereocenters. The second-order valence-electron chi connectivity index (χ2n) is 14.5. The van der Waals surface area contributed by atoms with E-state index in [4.69, 9.17) is 0 Å². The van der Waals surface area contributed by atoms with Crippen LogP contribution >= 0.6 is 0 Å². The van der Waals surface area contributed by atoms with Crippen LogP contribution in [0.15, 0.2) is 0 Å². The summed E-state index contributed by atoms with van der Waals surface area (Å²) in [6.45, 7) is 20.5. The molecule has 0 radical (unpaired) electrons. The molecule has 1 unspecified atom stereocenters. The molecule has 0 saturated heterocycles. The summed E-state index contributed by atoms with van der Waals surface area (Å²) in [5, 5.41) is 0. The Morgan fingerprint density at radius 1 is 0.700 bits per heavy atom. The van der Waals surface area contributed by atoms with Gasteiger partial charge in [0.1, 0.15) is 0 Å². The van der Waals surface area contributed by atoms with Gasteiger partial charge in [0.05, 0.1) is 0 Å². The van der Waals surface area contributed by atoms with Gasteiger partial charge in [-0.05, 0) is 121 Å². The van der Waals surface area contributed by atoms with Gasteiger partial charge in [-0.2, -0.15) is 0 Å². The van der Waals surface area contributed by atoms with E-state index in [-0.39, 0.29) is 0 Å². The summed E-state index contributed by atoms with van der Waals surface area (Å²) in [6.07, 6.45) is 16.7. The predicted octanol–water partition coefficient (Wildman–Crippen LogP) is 9.38. The van der Waals surface area contributed by atoms with Gasteiger partial charge in [0.2, 0.25) is 0 Å². The molecule has 174 valence electrons. The third-order valence-electron chi connectivity index (χ3n) is 12.2. The molecule has 4 rings (SSSR count). The second kappa shape index (κ2) is 8.09. The van der Waals surface area contributed by atoms with E-state index in [0.717, 1.165) is 47.3 Å². The Hall–Kier alpha value is 0. The molecule has 0 amide bonds. The highest BCUT2D eigenvalue weighted by atomic mass is 14.7. The van der Waals surface area contributed by atoms with Crippen LogP contribution in [0.5, 0.6) is 0 Å². The first-order chi connectivity index (χ1) is 14.0. The number of rotatable bonds is 5. The van der Waals surface area contributed by atoms with Crippen LogP contribution in [0.25, 0.3) is 0 Å². The fourth-order valence-electron chi connectivity index (χ4n) is 9.67. The molecule has 4 fully saturated rings. The Labute approximate surface area is 189 Å². The minimum atomic E-state index is 0.598. The maximum atomic E-state index is 2.76. The molecule has 0 aliphatic heterocycles. The highest BCUT2D eigenvalue weighted by molar-refractivity contribution is 5.10. The molecule has 0 bridgehead atoms. The van der Waals surface area contributed by atoms with E-state index >= 15 is 0 Å². The van der Waals surface area contributed by atoms with Crippen molar-refractivity contribution in [2.24, 2.45) is 63.6 Å². The Bertz CT molecular complexity index is 601. The maximum Gasteiger partial charge on any atom is -0.0264 e. The van der Waals surface area contributed by atoms with Crippen molar-refractivity contribution < 1.29 is 0 Å². The Morgan fingerprint density at radius 2 is 1.40 bits per heavy atom. The third-order valence-corrected chi connectivity index (χ3v) is 12.2. The van der Waals surface area contributed by atoms with Gasteiger partial charge in [0.15, 0.2) is 0 Å². The topological polar surface area (TPSA) is 0 Å². The molecule has 0 aromatic carbocycles. The lowest BCUT2D eigenvalue weighted by Gasteiger charge is -2.62. The minimum Gasteiger partial charge on any atom is -0.0625 e. The summed E-state index contributed by atoms with van der Waals surface area (Å²) in [7, 11) is 0. The number of hydrogen-bond donors (Lipinski definition) is 0. The molecule has 30 heavy (non-hydrogen) atoms. The van der Waals surface area contributed by atoms with Gasteiger partial charge < -0.3 is 0 Å². The summed E-state index contributed by atoms with van der Waals surface area (Å²) >= 11 is 0. The van der Waals surface area contributed by atoms with Crippen molar-refractivity contribution in [1.29, 1.82) is 0 Å². The molecular formula is C30H54. The van der Waals surface area contributed by atoms with Crippen molar-refractivity contribution in [1.82, 2.24) is 0 Å². The highest BCUT2D eigenvalue weighted by Gasteiger charge is 2.60. The van der Waals surface area contributed by atoms with Crippen LogP contribution in [-0.4, -0.2) is 0 Å². The van der Waals surface area contributed by atoms with Gasteiger partial charge in [-0.15, -0.1) is 0 Å². The standard InChI is InChI=1S/C30H54/c1-20(2)21(3)9-10-22(4)25-13-14-26-24-12-11-23-19-28(5,6)17-18-29(23,7)27(24)15-16-30(25,26)8/h20-27H,9-19H2,1-8H3/t21?,22-,23+,24+,25-,26+,27+,29+,30-/m1/s1. The van der Waals surface area contributed by atoms with Crippen LogP contribution in [0.4, 0.5) is 0 Å². The van der Waals surface area contributed by atoms with Crippen molar-refractivity contribution in [3.05, 3.63) is 0 Å². The van der Waals surface area contributed by atoms with E-state index < -0.39 is 0 Å². The van der Waals surface area contributed by atoms with Crippen molar-refractivity contribution in [2.75, 3.05) is 0 Å². The van der Waals surface area contributed by atoms with Gasteiger partial charge >= 0.3 is 0 Å². The first kappa shape index (κ1) is 23.2. The lowest BCUT2D eigenvalue weighted by molar-refractivity contribution is -0.129. The molecule has 0 heterocycles. The minimum absolute atomic E-state index is 0.598. The second-order valence-corrected chi connectivity index (χ2v) is 14.5. The summed E-state index contributed by atoms with van der Waals surface area (Å²) in [4.78, 5) is 0. The van der Waals surface area contributed by atoms with Crippen molar-refractivity contribution in [2.45, 2.75) is 126 Å². The van der Waals surface area contributed by atoms with E-state index in [1.54, 1.807) is 32.1 Å². The molecule has 4 saturated carbocycles. The Morgan fingerprint density at radius 3 is 2.10 bits per heavy atom. The van der Waals surface area contributed by atoms with Crippen LogP contribution in [0, 0.1) is 63.6 Å². The smallest absolute Gasteiger partial charge is 0.0264 e. The number of fused-ring (bicyclic) bond motifs is 5. The van der Waals surface area contributed by atoms with Gasteiger partial charge in [-0.25, -0.2) is 0 Å². The molecule has 0 heteroatoms. The summed E-state index contributed by atoms with van der Waals surface area (Å²) in [5.41, 5.74) is 1.91. The average molecular weight is 415 g/mol. The fraction of sp³-hybridized carbons (Fsp3) is 1.00. The molecule has 0 aromatic heterocycles. The molecule has 0 spiro atoms. The van der Waals surface area contributed by atoms with E-state index in [2.05, 4.69) is 55.4 Å². The highest BCUT2D eigenvalue weighted by Crippen LogP contribution is 2.69. The quantitative estimate of drug-likeness (QED) is 0.420. The van der Waals surface area contributed by atoms with Crippen LogP contribution < -0.4 is 0 Å². The molecule has 0 nitrogen and oxygen atoms in total. The largest absolute Gasteiger partial charge is 0.0625 e.